The molecule has 0 aliphatic heterocycles. The Morgan fingerprint density at radius 3 is 2.47 bits per heavy atom. The summed E-state index contributed by atoms with van der Waals surface area (Å²) >= 11 is 0. The lowest BCUT2D eigenvalue weighted by Crippen LogP contribution is -2.40. The van der Waals surface area contributed by atoms with Gasteiger partial charge in [-0.15, -0.1) is 0 Å². The van der Waals surface area contributed by atoms with Crippen molar-refractivity contribution >= 4 is 15.7 Å². The summed E-state index contributed by atoms with van der Waals surface area (Å²) in [6.07, 6.45) is 0.359. The van der Waals surface area contributed by atoms with Crippen molar-refractivity contribution in [2.24, 2.45) is 5.73 Å². The molecule has 0 aromatic heterocycles. The van der Waals surface area contributed by atoms with E-state index < -0.39 is 21.0 Å². The molecule has 102 valence electrons. The van der Waals surface area contributed by atoms with E-state index in [4.69, 9.17) is 10.5 Å². The second-order valence-electron chi connectivity index (χ2n) is 4.06. The number of rotatable bonds is 8. The van der Waals surface area contributed by atoms with Crippen molar-refractivity contribution in [3.63, 3.8) is 0 Å². The summed E-state index contributed by atoms with van der Waals surface area (Å²) in [5.41, 5.74) is 5.49. The highest BCUT2D eigenvalue weighted by molar-refractivity contribution is 7.92. The van der Waals surface area contributed by atoms with E-state index in [1.165, 1.54) is 14.0 Å². The number of sulfone groups is 1. The van der Waals surface area contributed by atoms with E-state index in [9.17, 15) is 13.2 Å². The Hall–Kier alpha value is -0.660. The van der Waals surface area contributed by atoms with Crippen molar-refractivity contribution in [1.82, 2.24) is 5.32 Å². The van der Waals surface area contributed by atoms with Crippen molar-refractivity contribution < 1.29 is 17.9 Å². The fourth-order valence-electron chi connectivity index (χ4n) is 1.11. The van der Waals surface area contributed by atoms with Gasteiger partial charge in [-0.2, -0.15) is 0 Å². The quantitative estimate of drug-likeness (QED) is 0.565. The molecule has 3 N–H and O–H groups in total. The van der Waals surface area contributed by atoms with Gasteiger partial charge in [0.15, 0.2) is 9.84 Å². The van der Waals surface area contributed by atoms with Gasteiger partial charge >= 0.3 is 0 Å². The number of hydrogen-bond acceptors (Lipinski definition) is 5. The number of amides is 1. The van der Waals surface area contributed by atoms with Crippen LogP contribution in [0.4, 0.5) is 0 Å². The first-order chi connectivity index (χ1) is 7.81. The number of carbonyl (C=O) groups is 1. The summed E-state index contributed by atoms with van der Waals surface area (Å²) in [6, 6.07) is -0.187. The lowest BCUT2D eigenvalue weighted by Gasteiger charge is -2.13. The van der Waals surface area contributed by atoms with Crippen LogP contribution in [0.25, 0.3) is 0 Å². The molecule has 0 fully saturated rings. The molecule has 0 aliphatic rings. The van der Waals surface area contributed by atoms with Crippen LogP contribution in [0.3, 0.4) is 0 Å². The zero-order chi connectivity index (χ0) is 13.5. The van der Waals surface area contributed by atoms with Gasteiger partial charge in [0.1, 0.15) is 5.25 Å². The first-order valence-electron chi connectivity index (χ1n) is 5.55. The molecule has 0 aromatic rings. The van der Waals surface area contributed by atoms with E-state index in [1.54, 1.807) is 6.92 Å². The highest BCUT2D eigenvalue weighted by Gasteiger charge is 2.27. The fraction of sp³-hybridized carbons (Fsp3) is 0.900. The highest BCUT2D eigenvalue weighted by atomic mass is 32.2. The molecule has 0 radical (unpaired) electrons. The van der Waals surface area contributed by atoms with Crippen LogP contribution in [0.5, 0.6) is 0 Å². The van der Waals surface area contributed by atoms with E-state index in [0.29, 0.717) is 19.6 Å². The number of nitrogens with one attached hydrogen (secondary N) is 1. The standard InChI is InChI=1S/C10H22N2O4S/c1-8(11)4-7-17(14,15)9(2)10(13)12-5-6-16-3/h8-9H,4-7,11H2,1-3H3,(H,12,13). The van der Waals surface area contributed by atoms with Gasteiger partial charge in [-0.3, -0.25) is 4.79 Å². The molecule has 0 heterocycles. The third-order valence-electron chi connectivity index (χ3n) is 2.37. The first-order valence-corrected chi connectivity index (χ1v) is 7.26. The van der Waals surface area contributed by atoms with Gasteiger partial charge in [0.05, 0.1) is 12.4 Å². The molecule has 17 heavy (non-hydrogen) atoms. The topological polar surface area (TPSA) is 98.5 Å². The predicted octanol–water partition coefficient (Wildman–Crippen LogP) is -0.710. The average Bonchev–Trinajstić information content (AvgIpc) is 2.25. The Labute approximate surface area is 103 Å². The second-order valence-corrected chi connectivity index (χ2v) is 6.50. The molecular weight excluding hydrogens is 244 g/mol. The third-order valence-corrected chi connectivity index (χ3v) is 4.47. The van der Waals surface area contributed by atoms with Gasteiger partial charge in [-0.1, -0.05) is 0 Å². The van der Waals surface area contributed by atoms with Crippen molar-refractivity contribution in [3.05, 3.63) is 0 Å². The van der Waals surface area contributed by atoms with Crippen LogP contribution in [0.1, 0.15) is 20.3 Å². The molecular formula is C10H22N2O4S. The van der Waals surface area contributed by atoms with Gasteiger partial charge in [0.2, 0.25) is 5.91 Å². The van der Waals surface area contributed by atoms with Crippen LogP contribution >= 0.6 is 0 Å². The molecule has 0 bridgehead atoms. The van der Waals surface area contributed by atoms with E-state index in [0.717, 1.165) is 0 Å². The smallest absolute Gasteiger partial charge is 0.238 e. The minimum atomic E-state index is -3.42. The van der Waals surface area contributed by atoms with Crippen LogP contribution < -0.4 is 11.1 Å². The lowest BCUT2D eigenvalue weighted by molar-refractivity contribution is -0.120. The second kappa shape index (κ2) is 7.62. The summed E-state index contributed by atoms with van der Waals surface area (Å²) < 4.78 is 28.3. The van der Waals surface area contributed by atoms with Gasteiger partial charge in [-0.25, -0.2) is 8.42 Å². The molecule has 0 saturated heterocycles. The SMILES string of the molecule is COCCNC(=O)C(C)S(=O)(=O)CCC(C)N. The maximum atomic E-state index is 11.8. The van der Waals surface area contributed by atoms with E-state index in [1.807, 2.05) is 0 Å². The molecule has 0 saturated carbocycles. The monoisotopic (exact) mass is 266 g/mol. The van der Waals surface area contributed by atoms with Gasteiger partial charge in [-0.05, 0) is 20.3 Å². The summed E-state index contributed by atoms with van der Waals surface area (Å²) in [5.74, 6) is -0.560. The van der Waals surface area contributed by atoms with E-state index >= 15 is 0 Å². The molecule has 0 spiro atoms. The van der Waals surface area contributed by atoms with E-state index in [-0.39, 0.29) is 11.8 Å². The average molecular weight is 266 g/mol. The van der Waals surface area contributed by atoms with Crippen molar-refractivity contribution in [1.29, 1.82) is 0 Å². The van der Waals surface area contributed by atoms with Crippen molar-refractivity contribution in [3.8, 4) is 0 Å². The van der Waals surface area contributed by atoms with Crippen LogP contribution in [0.2, 0.25) is 0 Å². The normalized spacial score (nSPS) is 15.3. The Balaban J connectivity index is 4.26. The minimum absolute atomic E-state index is 0.0659. The Bertz CT molecular complexity index is 327. The zero-order valence-electron chi connectivity index (χ0n) is 10.6. The Kier molecular flexibility index (Phi) is 7.33. The van der Waals surface area contributed by atoms with E-state index in [2.05, 4.69) is 5.32 Å². The van der Waals surface area contributed by atoms with Crippen LogP contribution in [-0.4, -0.2) is 51.6 Å². The molecule has 1 amide bonds. The third kappa shape index (κ3) is 6.60. The predicted molar refractivity (Wildman–Crippen MR) is 66.4 cm³/mol. The minimum Gasteiger partial charge on any atom is -0.383 e. The highest BCUT2D eigenvalue weighted by Crippen LogP contribution is 2.05. The maximum absolute atomic E-state index is 11.8. The molecule has 0 rings (SSSR count). The Morgan fingerprint density at radius 1 is 1.41 bits per heavy atom. The first kappa shape index (κ1) is 16.3. The number of ether oxygens (including phenoxy) is 1. The maximum Gasteiger partial charge on any atom is 0.238 e. The van der Waals surface area contributed by atoms with Crippen molar-refractivity contribution in [2.75, 3.05) is 26.0 Å². The molecule has 6 nitrogen and oxygen atoms in total. The number of carbonyl (C=O) groups excluding carboxylic acids is 1. The summed E-state index contributed by atoms with van der Waals surface area (Å²) in [6.45, 7) is 3.79. The number of nitrogens with two attached hydrogens (primary N) is 1. The summed E-state index contributed by atoms with van der Waals surface area (Å²) in [4.78, 5) is 11.5. The number of methoxy groups -OCH3 is 1. The van der Waals surface area contributed by atoms with Gasteiger partial charge in [0.25, 0.3) is 0 Å². The zero-order valence-corrected chi connectivity index (χ0v) is 11.4. The number of hydrogen-bond donors (Lipinski definition) is 2. The van der Waals surface area contributed by atoms with Crippen LogP contribution in [0.15, 0.2) is 0 Å². The molecule has 0 aliphatic carbocycles. The Morgan fingerprint density at radius 2 is 2.00 bits per heavy atom. The largest absolute Gasteiger partial charge is 0.383 e. The molecule has 7 heteroatoms. The van der Waals surface area contributed by atoms with Gasteiger partial charge < -0.3 is 15.8 Å². The summed E-state index contributed by atoms with van der Waals surface area (Å²) in [5, 5.41) is 1.46. The lowest BCUT2D eigenvalue weighted by atomic mass is 10.3. The summed E-state index contributed by atoms with van der Waals surface area (Å²) in [7, 11) is -1.92. The molecule has 2 unspecified atom stereocenters. The van der Waals surface area contributed by atoms with Crippen LogP contribution in [-0.2, 0) is 19.4 Å². The molecule has 0 aromatic carbocycles. The fourth-order valence-corrected chi connectivity index (χ4v) is 2.57. The van der Waals surface area contributed by atoms with Crippen molar-refractivity contribution in [2.45, 2.75) is 31.6 Å². The molecule has 2 atom stereocenters. The van der Waals surface area contributed by atoms with Gasteiger partial charge in [0, 0.05) is 19.7 Å². The van der Waals surface area contributed by atoms with Crippen LogP contribution in [0, 0.1) is 0 Å².